The lowest BCUT2D eigenvalue weighted by atomic mass is 9.81. The van der Waals surface area contributed by atoms with Crippen molar-refractivity contribution in [2.45, 2.75) is 38.6 Å². The van der Waals surface area contributed by atoms with Crippen LogP contribution in [0, 0.1) is 11.8 Å². The topological polar surface area (TPSA) is 87.2 Å². The van der Waals surface area contributed by atoms with Crippen LogP contribution < -0.4 is 4.90 Å². The molecular formula is C23H29N3O5. The Kier molecular flexibility index (Phi) is 6.25. The number of rotatable bonds is 5. The lowest BCUT2D eigenvalue weighted by Gasteiger charge is -2.36. The molecule has 0 bridgehead atoms. The number of para-hydroxylation sites is 1. The number of hydrogen-bond acceptors (Lipinski definition) is 6. The molecule has 31 heavy (non-hydrogen) atoms. The first-order valence-corrected chi connectivity index (χ1v) is 11.1. The summed E-state index contributed by atoms with van der Waals surface area (Å²) in [6.07, 6.45) is 3.25. The molecule has 1 aromatic carbocycles. The largest absolute Gasteiger partial charge is 0.454 e. The van der Waals surface area contributed by atoms with Crippen LogP contribution in [0.25, 0.3) is 0 Å². The molecule has 2 aliphatic heterocycles. The fourth-order valence-electron chi connectivity index (χ4n) is 4.87. The first-order valence-electron chi connectivity index (χ1n) is 11.1. The molecule has 8 heteroatoms. The van der Waals surface area contributed by atoms with Crippen LogP contribution in [0.5, 0.6) is 0 Å². The average Bonchev–Trinajstić information content (AvgIpc) is 3.07. The Morgan fingerprint density at radius 3 is 2.13 bits per heavy atom. The Morgan fingerprint density at radius 1 is 0.968 bits per heavy atom. The third kappa shape index (κ3) is 4.29. The fourth-order valence-corrected chi connectivity index (χ4v) is 4.87. The molecule has 1 aliphatic carbocycles. The first kappa shape index (κ1) is 21.3. The smallest absolute Gasteiger partial charge is 0.329 e. The van der Waals surface area contributed by atoms with E-state index in [0.29, 0.717) is 39.0 Å². The molecule has 0 aromatic heterocycles. The molecular weight excluding hydrogens is 398 g/mol. The van der Waals surface area contributed by atoms with Crippen LogP contribution in [0.4, 0.5) is 5.69 Å². The van der Waals surface area contributed by atoms with Gasteiger partial charge in [-0.15, -0.1) is 0 Å². The number of hydrogen-bond donors (Lipinski definition) is 0. The Morgan fingerprint density at radius 2 is 1.55 bits per heavy atom. The Labute approximate surface area is 182 Å². The van der Waals surface area contributed by atoms with Gasteiger partial charge in [-0.05, 0) is 31.9 Å². The Bertz CT molecular complexity index is 826. The van der Waals surface area contributed by atoms with E-state index in [1.54, 1.807) is 4.90 Å². The lowest BCUT2D eigenvalue weighted by molar-refractivity contribution is -0.161. The normalized spacial score (nSPS) is 24.7. The predicted molar refractivity (Wildman–Crippen MR) is 113 cm³/mol. The molecule has 2 saturated heterocycles. The van der Waals surface area contributed by atoms with E-state index in [9.17, 15) is 19.2 Å². The van der Waals surface area contributed by atoms with Gasteiger partial charge in [0.05, 0.1) is 11.8 Å². The van der Waals surface area contributed by atoms with Gasteiger partial charge in [-0.1, -0.05) is 31.0 Å². The minimum atomic E-state index is -1.01. The van der Waals surface area contributed by atoms with E-state index in [-0.39, 0.29) is 36.2 Å². The van der Waals surface area contributed by atoms with Gasteiger partial charge in [0.1, 0.15) is 6.04 Å². The third-order valence-corrected chi connectivity index (χ3v) is 6.70. The van der Waals surface area contributed by atoms with E-state index in [0.717, 1.165) is 23.4 Å². The van der Waals surface area contributed by atoms with E-state index in [2.05, 4.69) is 4.90 Å². The number of piperazine rings is 1. The number of imide groups is 1. The van der Waals surface area contributed by atoms with Crippen LogP contribution in [0.15, 0.2) is 30.3 Å². The number of fused-ring (bicyclic) bond motifs is 1. The highest BCUT2D eigenvalue weighted by Crippen LogP contribution is 2.38. The van der Waals surface area contributed by atoms with Crippen molar-refractivity contribution in [3.63, 3.8) is 0 Å². The molecule has 1 aromatic rings. The molecule has 0 radical (unpaired) electrons. The van der Waals surface area contributed by atoms with Gasteiger partial charge >= 0.3 is 5.97 Å². The van der Waals surface area contributed by atoms with Crippen molar-refractivity contribution in [2.24, 2.45) is 11.8 Å². The SMILES string of the molecule is C[C@@H](C(=O)OCC(=O)N1CCN(c2ccccc2)CC1)N1C(=O)[C@H]2CCCC[C@H]2C1=O. The zero-order chi connectivity index (χ0) is 22.0. The number of carbonyl (C=O) groups excluding carboxylic acids is 4. The summed E-state index contributed by atoms with van der Waals surface area (Å²) in [6.45, 7) is 3.63. The van der Waals surface area contributed by atoms with Crippen LogP contribution >= 0.6 is 0 Å². The maximum Gasteiger partial charge on any atom is 0.329 e. The van der Waals surface area contributed by atoms with E-state index in [1.165, 1.54) is 6.92 Å². The summed E-state index contributed by atoms with van der Waals surface area (Å²) in [5.41, 5.74) is 1.12. The molecule has 3 atom stereocenters. The van der Waals surface area contributed by atoms with Gasteiger partial charge in [0.15, 0.2) is 6.61 Å². The second kappa shape index (κ2) is 9.08. The van der Waals surface area contributed by atoms with E-state index >= 15 is 0 Å². The van der Waals surface area contributed by atoms with Crippen molar-refractivity contribution >= 4 is 29.4 Å². The van der Waals surface area contributed by atoms with Crippen molar-refractivity contribution in [2.75, 3.05) is 37.7 Å². The van der Waals surface area contributed by atoms with Gasteiger partial charge in [0.25, 0.3) is 5.91 Å². The molecule has 8 nitrogen and oxygen atoms in total. The van der Waals surface area contributed by atoms with E-state index in [1.807, 2.05) is 30.3 Å². The van der Waals surface area contributed by atoms with Crippen molar-refractivity contribution in [3.05, 3.63) is 30.3 Å². The summed E-state index contributed by atoms with van der Waals surface area (Å²) < 4.78 is 5.20. The number of nitrogens with zero attached hydrogens (tertiary/aromatic N) is 3. The van der Waals surface area contributed by atoms with Crippen LogP contribution in [-0.4, -0.2) is 72.3 Å². The highest BCUT2D eigenvalue weighted by molar-refractivity contribution is 6.07. The second-order valence-electron chi connectivity index (χ2n) is 8.53. The maximum absolute atomic E-state index is 12.6. The molecule has 0 unspecified atom stereocenters. The molecule has 4 rings (SSSR count). The minimum absolute atomic E-state index is 0.263. The van der Waals surface area contributed by atoms with Crippen LogP contribution in [-0.2, 0) is 23.9 Å². The molecule has 3 aliphatic rings. The molecule has 2 heterocycles. The summed E-state index contributed by atoms with van der Waals surface area (Å²) in [5.74, 6) is -2.14. The Hall–Kier alpha value is -2.90. The van der Waals surface area contributed by atoms with Crippen molar-refractivity contribution < 1.29 is 23.9 Å². The lowest BCUT2D eigenvalue weighted by Crippen LogP contribution is -2.50. The number of carbonyl (C=O) groups is 4. The van der Waals surface area contributed by atoms with E-state index in [4.69, 9.17) is 4.74 Å². The van der Waals surface area contributed by atoms with Crippen molar-refractivity contribution in [3.8, 4) is 0 Å². The average molecular weight is 428 g/mol. The van der Waals surface area contributed by atoms with Crippen LogP contribution in [0.2, 0.25) is 0 Å². The van der Waals surface area contributed by atoms with Gasteiger partial charge in [0.2, 0.25) is 11.8 Å². The van der Waals surface area contributed by atoms with Crippen molar-refractivity contribution in [1.29, 1.82) is 0 Å². The van der Waals surface area contributed by atoms with Crippen LogP contribution in [0.1, 0.15) is 32.6 Å². The summed E-state index contributed by atoms with van der Waals surface area (Å²) in [7, 11) is 0. The third-order valence-electron chi connectivity index (χ3n) is 6.70. The summed E-state index contributed by atoms with van der Waals surface area (Å²) in [5, 5.41) is 0. The molecule has 3 amide bonds. The van der Waals surface area contributed by atoms with Gasteiger partial charge in [-0.2, -0.15) is 0 Å². The maximum atomic E-state index is 12.6. The highest BCUT2D eigenvalue weighted by atomic mass is 16.5. The standard InChI is InChI=1S/C23H29N3O5/c1-16(26-21(28)18-9-5-6-10-19(18)22(26)29)23(30)31-15-20(27)25-13-11-24(12-14-25)17-7-3-2-4-8-17/h2-4,7-8,16,18-19H,5-6,9-15H2,1H3/t16-,18-,19+/m0/s1. The highest BCUT2D eigenvalue weighted by Gasteiger charge is 2.51. The number of esters is 1. The summed E-state index contributed by atoms with van der Waals surface area (Å²) in [4.78, 5) is 55.3. The summed E-state index contributed by atoms with van der Waals surface area (Å²) >= 11 is 0. The quantitative estimate of drug-likeness (QED) is 0.522. The van der Waals surface area contributed by atoms with Gasteiger partial charge in [-0.3, -0.25) is 19.3 Å². The first-order chi connectivity index (χ1) is 15.0. The number of ether oxygens (including phenoxy) is 1. The van der Waals surface area contributed by atoms with Gasteiger partial charge < -0.3 is 14.5 Å². The number of benzene rings is 1. The summed E-state index contributed by atoms with van der Waals surface area (Å²) in [6, 6.07) is 9.01. The molecule has 0 spiro atoms. The second-order valence-corrected chi connectivity index (χ2v) is 8.53. The molecule has 166 valence electrons. The molecule has 1 saturated carbocycles. The minimum Gasteiger partial charge on any atom is -0.454 e. The Balaban J connectivity index is 1.26. The van der Waals surface area contributed by atoms with Gasteiger partial charge in [-0.25, -0.2) is 4.79 Å². The number of likely N-dealkylation sites (tertiary alicyclic amines) is 1. The van der Waals surface area contributed by atoms with Gasteiger partial charge in [0, 0.05) is 31.9 Å². The molecule has 0 N–H and O–H groups in total. The molecule has 3 fully saturated rings. The zero-order valence-electron chi connectivity index (χ0n) is 17.9. The zero-order valence-corrected chi connectivity index (χ0v) is 17.9. The fraction of sp³-hybridized carbons (Fsp3) is 0.565. The number of amides is 3. The van der Waals surface area contributed by atoms with Crippen LogP contribution in [0.3, 0.4) is 0 Å². The number of anilines is 1. The monoisotopic (exact) mass is 427 g/mol. The predicted octanol–water partition coefficient (Wildman–Crippen LogP) is 1.44. The van der Waals surface area contributed by atoms with E-state index < -0.39 is 12.0 Å². The van der Waals surface area contributed by atoms with Crippen molar-refractivity contribution in [1.82, 2.24) is 9.80 Å².